The van der Waals surface area contributed by atoms with Gasteiger partial charge in [0.1, 0.15) is 0 Å². The van der Waals surface area contributed by atoms with Crippen LogP contribution in [0.1, 0.15) is 52.4 Å². The molecule has 19 heavy (non-hydrogen) atoms. The molecule has 0 aromatic heterocycles. The lowest BCUT2D eigenvalue weighted by molar-refractivity contribution is 0.0704. The fourth-order valence-electron chi connectivity index (χ4n) is 3.81. The summed E-state index contributed by atoms with van der Waals surface area (Å²) in [7, 11) is 0. The zero-order valence-corrected chi connectivity index (χ0v) is 13.0. The Hall–Kier alpha value is -0.120. The highest BCUT2D eigenvalue weighted by Crippen LogP contribution is 2.23. The lowest BCUT2D eigenvalue weighted by Crippen LogP contribution is -2.56. The minimum atomic E-state index is 0.735. The summed E-state index contributed by atoms with van der Waals surface area (Å²) in [5.41, 5.74) is 0. The molecule has 2 unspecified atom stereocenters. The average molecular weight is 267 g/mol. The van der Waals surface area contributed by atoms with E-state index in [4.69, 9.17) is 0 Å². The highest BCUT2D eigenvalue weighted by atomic mass is 15.3. The molecule has 1 saturated heterocycles. The van der Waals surface area contributed by atoms with E-state index in [1.807, 2.05) is 0 Å². The molecule has 2 atom stereocenters. The highest BCUT2D eigenvalue weighted by Gasteiger charge is 2.29. The van der Waals surface area contributed by atoms with Gasteiger partial charge in [0.05, 0.1) is 0 Å². The Kier molecular flexibility index (Phi) is 6.62. The van der Waals surface area contributed by atoms with Crippen LogP contribution in [0.3, 0.4) is 0 Å². The standard InChI is InChI=1S/C16H33N3/c1-3-17-15-9-7-5-6-8-10-16(15)19-13-11-18(4-2)12-14-19/h15-17H,3-14H2,1-2H3. The molecule has 1 aliphatic carbocycles. The zero-order valence-electron chi connectivity index (χ0n) is 13.0. The lowest BCUT2D eigenvalue weighted by Gasteiger charge is -2.43. The van der Waals surface area contributed by atoms with Gasteiger partial charge in [0.2, 0.25) is 0 Å². The van der Waals surface area contributed by atoms with Crippen molar-refractivity contribution < 1.29 is 0 Å². The third-order valence-electron chi connectivity index (χ3n) is 5.02. The molecule has 2 rings (SSSR count). The van der Waals surface area contributed by atoms with Crippen molar-refractivity contribution in [1.29, 1.82) is 0 Å². The highest BCUT2D eigenvalue weighted by molar-refractivity contribution is 4.88. The van der Waals surface area contributed by atoms with E-state index in [0.29, 0.717) is 0 Å². The molecular weight excluding hydrogens is 234 g/mol. The summed E-state index contributed by atoms with van der Waals surface area (Å²) < 4.78 is 0. The first-order chi connectivity index (χ1) is 9.35. The maximum absolute atomic E-state index is 3.77. The Bertz CT molecular complexity index is 236. The van der Waals surface area contributed by atoms with E-state index >= 15 is 0 Å². The van der Waals surface area contributed by atoms with Gasteiger partial charge in [-0.1, -0.05) is 39.5 Å². The smallest absolute Gasteiger partial charge is 0.0250 e. The maximum Gasteiger partial charge on any atom is 0.0250 e. The zero-order chi connectivity index (χ0) is 13.5. The van der Waals surface area contributed by atoms with Gasteiger partial charge in [-0.05, 0) is 25.9 Å². The van der Waals surface area contributed by atoms with Crippen LogP contribution in [0.15, 0.2) is 0 Å². The fourth-order valence-corrected chi connectivity index (χ4v) is 3.81. The van der Waals surface area contributed by atoms with Crippen molar-refractivity contribution in [2.24, 2.45) is 0 Å². The maximum atomic E-state index is 3.77. The summed E-state index contributed by atoms with van der Waals surface area (Å²) in [4.78, 5) is 5.37. The van der Waals surface area contributed by atoms with Gasteiger partial charge in [-0.25, -0.2) is 0 Å². The van der Waals surface area contributed by atoms with Crippen LogP contribution < -0.4 is 5.32 Å². The van der Waals surface area contributed by atoms with Gasteiger partial charge < -0.3 is 10.2 Å². The minimum absolute atomic E-state index is 0.735. The van der Waals surface area contributed by atoms with E-state index in [2.05, 4.69) is 29.0 Å². The molecule has 2 fully saturated rings. The van der Waals surface area contributed by atoms with Crippen LogP contribution in [-0.2, 0) is 0 Å². The lowest BCUT2D eigenvalue weighted by atomic mass is 9.90. The van der Waals surface area contributed by atoms with E-state index in [-0.39, 0.29) is 0 Å². The Morgan fingerprint density at radius 1 is 0.895 bits per heavy atom. The van der Waals surface area contributed by atoms with Crippen molar-refractivity contribution >= 4 is 0 Å². The fraction of sp³-hybridized carbons (Fsp3) is 1.00. The van der Waals surface area contributed by atoms with Crippen LogP contribution in [0, 0.1) is 0 Å². The van der Waals surface area contributed by atoms with Crippen LogP contribution in [0.5, 0.6) is 0 Å². The van der Waals surface area contributed by atoms with Gasteiger partial charge in [0, 0.05) is 38.3 Å². The van der Waals surface area contributed by atoms with E-state index in [0.717, 1.165) is 18.6 Å². The Balaban J connectivity index is 1.92. The molecule has 0 bridgehead atoms. The van der Waals surface area contributed by atoms with E-state index in [1.165, 1.54) is 71.2 Å². The third kappa shape index (κ3) is 4.44. The van der Waals surface area contributed by atoms with Crippen LogP contribution in [0.25, 0.3) is 0 Å². The van der Waals surface area contributed by atoms with Crippen LogP contribution in [0.2, 0.25) is 0 Å². The molecule has 1 heterocycles. The molecule has 1 aliphatic heterocycles. The molecule has 1 saturated carbocycles. The van der Waals surface area contributed by atoms with Gasteiger partial charge in [-0.3, -0.25) is 4.90 Å². The van der Waals surface area contributed by atoms with Crippen molar-refractivity contribution in [3.8, 4) is 0 Å². The Morgan fingerprint density at radius 3 is 2.21 bits per heavy atom. The Morgan fingerprint density at radius 2 is 1.58 bits per heavy atom. The molecular formula is C16H33N3. The van der Waals surface area contributed by atoms with Crippen molar-refractivity contribution in [2.45, 2.75) is 64.5 Å². The van der Waals surface area contributed by atoms with Crippen molar-refractivity contribution in [2.75, 3.05) is 39.3 Å². The number of likely N-dealkylation sites (N-methyl/N-ethyl adjacent to an activating group) is 2. The number of nitrogens with zero attached hydrogens (tertiary/aromatic N) is 2. The number of hydrogen-bond acceptors (Lipinski definition) is 3. The predicted octanol–water partition coefficient (Wildman–Crippen LogP) is 2.32. The average Bonchev–Trinajstić information content (AvgIpc) is 2.43. The molecule has 1 N–H and O–H groups in total. The number of nitrogens with one attached hydrogen (secondary N) is 1. The van der Waals surface area contributed by atoms with Crippen molar-refractivity contribution in [3.05, 3.63) is 0 Å². The van der Waals surface area contributed by atoms with E-state index in [1.54, 1.807) is 0 Å². The monoisotopic (exact) mass is 267 g/mol. The number of hydrogen-bond donors (Lipinski definition) is 1. The van der Waals surface area contributed by atoms with Crippen molar-refractivity contribution in [1.82, 2.24) is 15.1 Å². The summed E-state index contributed by atoms with van der Waals surface area (Å²) in [6.45, 7) is 12.0. The van der Waals surface area contributed by atoms with Crippen LogP contribution in [-0.4, -0.2) is 61.2 Å². The second kappa shape index (κ2) is 8.23. The first-order valence-electron chi connectivity index (χ1n) is 8.55. The van der Waals surface area contributed by atoms with Crippen LogP contribution >= 0.6 is 0 Å². The molecule has 0 spiro atoms. The van der Waals surface area contributed by atoms with Gasteiger partial charge in [-0.15, -0.1) is 0 Å². The first kappa shape index (κ1) is 15.3. The van der Waals surface area contributed by atoms with Crippen molar-refractivity contribution in [3.63, 3.8) is 0 Å². The first-order valence-corrected chi connectivity index (χ1v) is 8.55. The molecule has 0 aromatic carbocycles. The predicted molar refractivity (Wildman–Crippen MR) is 82.6 cm³/mol. The summed E-state index contributed by atoms with van der Waals surface area (Å²) in [5.74, 6) is 0. The van der Waals surface area contributed by atoms with E-state index < -0.39 is 0 Å². The molecule has 0 radical (unpaired) electrons. The molecule has 0 amide bonds. The summed E-state index contributed by atoms with van der Waals surface area (Å²) in [5, 5.41) is 3.77. The van der Waals surface area contributed by atoms with Gasteiger partial charge >= 0.3 is 0 Å². The second-order valence-corrected chi connectivity index (χ2v) is 6.19. The normalized spacial score (nSPS) is 31.9. The summed E-state index contributed by atoms with van der Waals surface area (Å²) in [6.07, 6.45) is 8.53. The Labute approximate surface area is 119 Å². The molecule has 3 nitrogen and oxygen atoms in total. The number of rotatable bonds is 4. The molecule has 3 heteroatoms. The van der Waals surface area contributed by atoms with Gasteiger partial charge in [0.25, 0.3) is 0 Å². The second-order valence-electron chi connectivity index (χ2n) is 6.19. The topological polar surface area (TPSA) is 18.5 Å². The summed E-state index contributed by atoms with van der Waals surface area (Å²) >= 11 is 0. The van der Waals surface area contributed by atoms with E-state index in [9.17, 15) is 0 Å². The van der Waals surface area contributed by atoms with Gasteiger partial charge in [-0.2, -0.15) is 0 Å². The SMILES string of the molecule is CCNC1CCCCCCC1N1CCN(CC)CC1. The molecule has 112 valence electrons. The summed E-state index contributed by atoms with van der Waals surface area (Å²) in [6, 6.07) is 1.53. The molecule has 2 aliphatic rings. The largest absolute Gasteiger partial charge is 0.313 e. The van der Waals surface area contributed by atoms with Gasteiger partial charge in [0.15, 0.2) is 0 Å². The molecule has 0 aromatic rings. The quantitative estimate of drug-likeness (QED) is 0.843. The van der Waals surface area contributed by atoms with Crippen LogP contribution in [0.4, 0.5) is 0 Å². The third-order valence-corrected chi connectivity index (χ3v) is 5.02. The number of piperazine rings is 1. The minimum Gasteiger partial charge on any atom is -0.313 e.